The monoisotopic (exact) mass is 339 g/mol. The molecule has 0 aromatic heterocycles. The maximum absolute atomic E-state index is 11.2. The van der Waals surface area contributed by atoms with Gasteiger partial charge in [-0.3, -0.25) is 0 Å². The van der Waals surface area contributed by atoms with Crippen molar-refractivity contribution in [1.82, 2.24) is 0 Å². The van der Waals surface area contributed by atoms with E-state index in [0.29, 0.717) is 5.71 Å². The number of rotatable bonds is 3. The average molecular weight is 341 g/mol. The fourth-order valence-electron chi connectivity index (χ4n) is 1.58. The van der Waals surface area contributed by atoms with E-state index in [1.54, 1.807) is 32.1 Å². The fourth-order valence-corrected chi connectivity index (χ4v) is 1.93. The van der Waals surface area contributed by atoms with Crippen LogP contribution < -0.4 is 0 Å². The Morgan fingerprint density at radius 3 is 2.50 bits per heavy atom. The van der Waals surface area contributed by atoms with Gasteiger partial charge in [0.05, 0.1) is 12.5 Å². The summed E-state index contributed by atoms with van der Waals surface area (Å²) in [6.07, 6.45) is 4.44. The van der Waals surface area contributed by atoms with Crippen molar-refractivity contribution < 1.29 is 14.4 Å². The van der Waals surface area contributed by atoms with Crippen molar-refractivity contribution in [3.63, 3.8) is 0 Å². The third-order valence-corrected chi connectivity index (χ3v) is 4.18. The fraction of sp³-hybridized carbons (Fsp3) is 0.538. The molecule has 0 saturated heterocycles. The zero-order valence-corrected chi connectivity index (χ0v) is 13.9. The number of carbonyl (C=O) groups excluding carboxylic acids is 1. The lowest BCUT2D eigenvalue weighted by atomic mass is 9.84. The molecule has 1 aliphatic carbocycles. The highest BCUT2D eigenvalue weighted by Crippen LogP contribution is 2.48. The van der Waals surface area contributed by atoms with Gasteiger partial charge in [-0.05, 0) is 32.4 Å². The summed E-state index contributed by atoms with van der Waals surface area (Å²) in [5.41, 5.74) is 0.625. The summed E-state index contributed by atoms with van der Waals surface area (Å²) in [7, 11) is 1.29. The Labute approximate surface area is 133 Å². The smallest absolute Gasteiger partial charge is 0.349 e. The second-order valence-corrected chi connectivity index (χ2v) is 6.97. The second-order valence-electron chi connectivity index (χ2n) is 4.69. The number of esters is 1. The van der Waals surface area contributed by atoms with Crippen molar-refractivity contribution in [1.29, 1.82) is 0 Å². The van der Waals surface area contributed by atoms with Crippen molar-refractivity contribution >= 4 is 46.5 Å². The molecule has 0 aromatic carbocycles. The van der Waals surface area contributed by atoms with Gasteiger partial charge in [0.2, 0.25) is 9.90 Å². The van der Waals surface area contributed by atoms with Gasteiger partial charge in [-0.2, -0.15) is 0 Å². The van der Waals surface area contributed by atoms with E-state index in [2.05, 4.69) is 9.89 Å². The van der Waals surface area contributed by atoms with Crippen LogP contribution >= 0.6 is 34.8 Å². The second kappa shape index (κ2) is 6.37. The number of nitrogens with zero attached hydrogens (tertiary/aromatic N) is 1. The molecule has 0 aromatic rings. The van der Waals surface area contributed by atoms with E-state index < -0.39 is 21.3 Å². The van der Waals surface area contributed by atoms with Gasteiger partial charge in [-0.15, -0.1) is 0 Å². The molecule has 0 radical (unpaired) electrons. The van der Waals surface area contributed by atoms with Gasteiger partial charge in [-0.1, -0.05) is 52.1 Å². The Morgan fingerprint density at radius 2 is 2.05 bits per heavy atom. The van der Waals surface area contributed by atoms with Crippen LogP contribution in [0, 0.1) is 5.41 Å². The number of oxime groups is 1. The molecule has 1 rings (SSSR count). The summed E-state index contributed by atoms with van der Waals surface area (Å²) < 4.78 is 3.08. The normalized spacial score (nSPS) is 26.1. The molecule has 0 heterocycles. The third kappa shape index (κ3) is 3.90. The maximum atomic E-state index is 11.2. The van der Waals surface area contributed by atoms with E-state index in [1.165, 1.54) is 7.11 Å². The molecular formula is C13H16Cl3NO3. The van der Waals surface area contributed by atoms with Gasteiger partial charge in [0.1, 0.15) is 5.71 Å². The highest BCUT2D eigenvalue weighted by Gasteiger charge is 2.42. The highest BCUT2D eigenvalue weighted by molar-refractivity contribution is 6.68. The standard InChI is InChI=1S/C13H16Cl3NO3/c1-8-7-12(3,13(14,15)16)6-5-10(8)17-20-9(2)11(18)19-4/h5-7,9H,1-4H3/b17-10+. The summed E-state index contributed by atoms with van der Waals surface area (Å²) in [6, 6.07) is 0. The molecule has 112 valence electrons. The number of allylic oxidation sites excluding steroid dienone is 4. The summed E-state index contributed by atoms with van der Waals surface area (Å²) in [6.45, 7) is 5.17. The molecular weight excluding hydrogens is 325 g/mol. The maximum Gasteiger partial charge on any atom is 0.349 e. The van der Waals surface area contributed by atoms with Crippen LogP contribution in [-0.4, -0.2) is 28.7 Å². The van der Waals surface area contributed by atoms with E-state index in [4.69, 9.17) is 39.6 Å². The minimum atomic E-state index is -1.46. The lowest BCUT2D eigenvalue weighted by Crippen LogP contribution is -2.31. The van der Waals surface area contributed by atoms with Gasteiger partial charge < -0.3 is 9.57 Å². The highest BCUT2D eigenvalue weighted by atomic mass is 35.6. The number of carbonyl (C=O) groups is 1. The zero-order chi connectivity index (χ0) is 15.6. The molecule has 0 saturated carbocycles. The van der Waals surface area contributed by atoms with Gasteiger partial charge in [0.15, 0.2) is 0 Å². The predicted molar refractivity (Wildman–Crippen MR) is 81.3 cm³/mol. The molecule has 0 fully saturated rings. The van der Waals surface area contributed by atoms with Gasteiger partial charge >= 0.3 is 5.97 Å². The van der Waals surface area contributed by atoms with Crippen LogP contribution in [0.4, 0.5) is 0 Å². The number of alkyl halides is 3. The van der Waals surface area contributed by atoms with Gasteiger partial charge in [0.25, 0.3) is 0 Å². The van der Waals surface area contributed by atoms with E-state index in [-0.39, 0.29) is 0 Å². The van der Waals surface area contributed by atoms with Crippen LogP contribution in [0.3, 0.4) is 0 Å². The van der Waals surface area contributed by atoms with Crippen molar-refractivity contribution in [3.8, 4) is 0 Å². The Bertz CT molecular complexity index is 480. The summed E-state index contributed by atoms with van der Waals surface area (Å²) in [5.74, 6) is -0.498. The Balaban J connectivity index is 2.86. The molecule has 0 spiro atoms. The topological polar surface area (TPSA) is 47.9 Å². The number of hydrogen-bond acceptors (Lipinski definition) is 4. The van der Waals surface area contributed by atoms with Crippen LogP contribution in [0.2, 0.25) is 0 Å². The van der Waals surface area contributed by atoms with Crippen LogP contribution in [0.5, 0.6) is 0 Å². The van der Waals surface area contributed by atoms with Crippen LogP contribution in [0.25, 0.3) is 0 Å². The van der Waals surface area contributed by atoms with Crippen LogP contribution in [-0.2, 0) is 14.4 Å². The molecule has 0 aliphatic heterocycles. The predicted octanol–water partition coefficient (Wildman–Crippen LogP) is 3.81. The largest absolute Gasteiger partial charge is 0.466 e. The Morgan fingerprint density at radius 1 is 1.45 bits per heavy atom. The number of hydrogen-bond donors (Lipinski definition) is 0. The molecule has 1 aliphatic rings. The average Bonchev–Trinajstić information content (AvgIpc) is 2.35. The summed E-state index contributed by atoms with van der Waals surface area (Å²) in [4.78, 5) is 16.3. The number of halogens is 3. The Hall–Kier alpha value is -0.710. The van der Waals surface area contributed by atoms with Crippen molar-refractivity contribution in [2.45, 2.75) is 30.7 Å². The molecule has 4 nitrogen and oxygen atoms in total. The molecule has 2 atom stereocenters. The molecule has 7 heteroatoms. The SMILES string of the molecule is COC(=O)C(C)O/N=C1\C=CC(C)(C(Cl)(Cl)Cl)C=C1C. The van der Waals surface area contributed by atoms with Crippen LogP contribution in [0.15, 0.2) is 29.0 Å². The summed E-state index contributed by atoms with van der Waals surface area (Å²) in [5, 5.41) is 3.91. The molecule has 2 unspecified atom stereocenters. The molecule has 0 bridgehead atoms. The minimum Gasteiger partial charge on any atom is -0.466 e. The van der Waals surface area contributed by atoms with E-state index in [0.717, 1.165) is 5.57 Å². The molecule has 0 amide bonds. The quantitative estimate of drug-likeness (QED) is 0.446. The number of methoxy groups -OCH3 is 1. The van der Waals surface area contributed by atoms with Gasteiger partial charge in [0, 0.05) is 0 Å². The minimum absolute atomic E-state index is 0.498. The van der Waals surface area contributed by atoms with Crippen molar-refractivity contribution in [3.05, 3.63) is 23.8 Å². The van der Waals surface area contributed by atoms with Gasteiger partial charge in [-0.25, -0.2) is 4.79 Å². The molecule has 20 heavy (non-hydrogen) atoms. The molecule has 0 N–H and O–H groups in total. The van der Waals surface area contributed by atoms with Crippen molar-refractivity contribution in [2.24, 2.45) is 10.6 Å². The first-order chi connectivity index (χ1) is 9.10. The lowest BCUT2D eigenvalue weighted by Gasteiger charge is -2.33. The van der Waals surface area contributed by atoms with E-state index in [9.17, 15) is 4.79 Å². The number of ether oxygens (including phenoxy) is 1. The Kier molecular flexibility index (Phi) is 5.53. The van der Waals surface area contributed by atoms with Crippen molar-refractivity contribution in [2.75, 3.05) is 7.11 Å². The van der Waals surface area contributed by atoms with Crippen LogP contribution in [0.1, 0.15) is 20.8 Å². The zero-order valence-electron chi connectivity index (χ0n) is 11.6. The lowest BCUT2D eigenvalue weighted by molar-refractivity contribution is -0.152. The summed E-state index contributed by atoms with van der Waals surface area (Å²) >= 11 is 17.9. The van der Waals surface area contributed by atoms with E-state index >= 15 is 0 Å². The first-order valence-corrected chi connectivity index (χ1v) is 7.01. The first-order valence-electron chi connectivity index (χ1n) is 5.88. The third-order valence-electron chi connectivity index (χ3n) is 2.96. The van der Waals surface area contributed by atoms with E-state index in [1.807, 2.05) is 6.92 Å². The first kappa shape index (κ1) is 17.3.